The third-order valence-corrected chi connectivity index (χ3v) is 5.98. The van der Waals surface area contributed by atoms with Gasteiger partial charge in [0.25, 0.3) is 11.7 Å². The van der Waals surface area contributed by atoms with E-state index in [0.717, 1.165) is 5.56 Å². The zero-order valence-electron chi connectivity index (χ0n) is 21.0. The van der Waals surface area contributed by atoms with Crippen molar-refractivity contribution in [3.05, 3.63) is 89.0 Å². The Bertz CT molecular complexity index is 1390. The van der Waals surface area contributed by atoms with E-state index in [2.05, 4.69) is 0 Å². The van der Waals surface area contributed by atoms with E-state index < -0.39 is 23.7 Å². The van der Waals surface area contributed by atoms with Crippen LogP contribution in [0.5, 0.6) is 17.2 Å². The summed E-state index contributed by atoms with van der Waals surface area (Å²) in [5, 5.41) is 11.4. The number of aryl methyl sites for hydroxylation is 1. The number of aliphatic hydroxyl groups is 1. The number of carbonyl (C=O) groups excluding carboxylic acids is 3. The Kier molecular flexibility index (Phi) is 7.29. The molecule has 0 spiro atoms. The van der Waals surface area contributed by atoms with E-state index in [-0.39, 0.29) is 11.3 Å². The van der Waals surface area contributed by atoms with Gasteiger partial charge in [0.1, 0.15) is 23.0 Å². The topological polar surface area (TPSA) is 102 Å². The van der Waals surface area contributed by atoms with Gasteiger partial charge in [-0.15, -0.1) is 0 Å². The van der Waals surface area contributed by atoms with Crippen LogP contribution in [-0.4, -0.2) is 36.5 Å². The number of aliphatic hydroxyl groups excluding tert-OH is 1. The molecule has 1 saturated heterocycles. The maximum atomic E-state index is 13.4. The smallest absolute Gasteiger partial charge is 0.308 e. The maximum absolute atomic E-state index is 13.4. The molecular weight excluding hydrogens is 474 g/mol. The number of carbonyl (C=O) groups is 3. The Morgan fingerprint density at radius 3 is 2.35 bits per heavy atom. The predicted octanol–water partition coefficient (Wildman–Crippen LogP) is 4.95. The molecule has 1 heterocycles. The van der Waals surface area contributed by atoms with Gasteiger partial charge in [-0.05, 0) is 67.4 Å². The summed E-state index contributed by atoms with van der Waals surface area (Å²) < 4.78 is 16.0. The Hall–Kier alpha value is -4.59. The summed E-state index contributed by atoms with van der Waals surface area (Å²) in [6.45, 7) is 5.49. The van der Waals surface area contributed by atoms with E-state index in [1.54, 1.807) is 66.7 Å². The Morgan fingerprint density at radius 1 is 1.00 bits per heavy atom. The lowest BCUT2D eigenvalue weighted by molar-refractivity contribution is -0.132. The van der Waals surface area contributed by atoms with Crippen molar-refractivity contribution in [2.24, 2.45) is 0 Å². The lowest BCUT2D eigenvalue weighted by atomic mass is 9.94. The summed E-state index contributed by atoms with van der Waals surface area (Å²) >= 11 is 0. The summed E-state index contributed by atoms with van der Waals surface area (Å²) in [4.78, 5) is 39.4. The standard InChI is InChI=1S/C29H27NO7/c1-5-36-24-14-11-20(15-17(24)2)27(32)25-26(19-9-12-22(13-10-19)37-18(3)31)30(29(34)28(25)33)21-7-6-8-23(16-21)35-4/h6-16,26,32H,5H2,1-4H3/b27-25+. The van der Waals surface area contributed by atoms with Gasteiger partial charge in [-0.2, -0.15) is 0 Å². The van der Waals surface area contributed by atoms with Gasteiger partial charge in [-0.3, -0.25) is 19.3 Å². The second-order valence-electron chi connectivity index (χ2n) is 8.45. The largest absolute Gasteiger partial charge is 0.507 e. The van der Waals surface area contributed by atoms with Crippen molar-refractivity contribution in [2.75, 3.05) is 18.6 Å². The van der Waals surface area contributed by atoms with E-state index in [4.69, 9.17) is 14.2 Å². The number of hydrogen-bond acceptors (Lipinski definition) is 7. The average molecular weight is 502 g/mol. The number of rotatable bonds is 7. The van der Waals surface area contributed by atoms with Crippen LogP contribution in [0.3, 0.4) is 0 Å². The SMILES string of the molecule is CCOc1ccc(/C(O)=C2\C(=O)C(=O)N(c3cccc(OC)c3)C2c2ccc(OC(C)=O)cc2)cc1C. The summed E-state index contributed by atoms with van der Waals surface area (Å²) in [5.74, 6) is -0.895. The number of ether oxygens (including phenoxy) is 3. The van der Waals surface area contributed by atoms with E-state index in [0.29, 0.717) is 40.7 Å². The first-order chi connectivity index (χ1) is 17.7. The molecule has 3 aromatic rings. The second kappa shape index (κ2) is 10.6. The van der Waals surface area contributed by atoms with Gasteiger partial charge in [0.05, 0.1) is 25.3 Å². The average Bonchev–Trinajstić information content (AvgIpc) is 3.15. The first-order valence-corrected chi connectivity index (χ1v) is 11.7. The number of benzene rings is 3. The van der Waals surface area contributed by atoms with Gasteiger partial charge in [-0.1, -0.05) is 18.2 Å². The van der Waals surface area contributed by atoms with Crippen LogP contribution < -0.4 is 19.1 Å². The number of methoxy groups -OCH3 is 1. The van der Waals surface area contributed by atoms with Gasteiger partial charge in [0.2, 0.25) is 0 Å². The molecule has 37 heavy (non-hydrogen) atoms. The summed E-state index contributed by atoms with van der Waals surface area (Å²) in [7, 11) is 1.51. The lowest BCUT2D eigenvalue weighted by Gasteiger charge is -2.26. The third kappa shape index (κ3) is 5.04. The molecule has 1 atom stereocenters. The van der Waals surface area contributed by atoms with E-state index >= 15 is 0 Å². The highest BCUT2D eigenvalue weighted by molar-refractivity contribution is 6.51. The minimum Gasteiger partial charge on any atom is -0.507 e. The molecule has 1 aliphatic heterocycles. The molecule has 1 aliphatic rings. The molecule has 0 bridgehead atoms. The minimum absolute atomic E-state index is 0.0587. The molecule has 1 N–H and O–H groups in total. The number of Topliss-reactive ketones (excluding diaryl/α,β-unsaturated/α-hetero) is 1. The van der Waals surface area contributed by atoms with Crippen LogP contribution in [0.2, 0.25) is 0 Å². The first kappa shape index (κ1) is 25.5. The van der Waals surface area contributed by atoms with Gasteiger partial charge in [-0.25, -0.2) is 0 Å². The monoisotopic (exact) mass is 501 g/mol. The van der Waals surface area contributed by atoms with Crippen LogP contribution in [0.25, 0.3) is 5.76 Å². The second-order valence-corrected chi connectivity index (χ2v) is 8.45. The molecule has 0 aromatic heterocycles. The molecule has 0 saturated carbocycles. The minimum atomic E-state index is -0.939. The van der Waals surface area contributed by atoms with Crippen LogP contribution in [0, 0.1) is 6.92 Å². The number of nitrogens with zero attached hydrogens (tertiary/aromatic N) is 1. The van der Waals surface area contributed by atoms with Crippen LogP contribution in [-0.2, 0) is 14.4 Å². The molecule has 1 unspecified atom stereocenters. The van der Waals surface area contributed by atoms with Gasteiger partial charge in [0.15, 0.2) is 0 Å². The molecular formula is C29H27NO7. The molecule has 0 aliphatic carbocycles. The fourth-order valence-electron chi connectivity index (χ4n) is 4.33. The van der Waals surface area contributed by atoms with Crippen LogP contribution in [0.4, 0.5) is 5.69 Å². The normalized spacial score (nSPS) is 16.5. The van der Waals surface area contributed by atoms with E-state index in [1.807, 2.05) is 13.8 Å². The van der Waals surface area contributed by atoms with Crippen molar-refractivity contribution >= 4 is 29.1 Å². The summed E-state index contributed by atoms with van der Waals surface area (Å²) in [5.41, 5.74) is 2.07. The van der Waals surface area contributed by atoms with Crippen molar-refractivity contribution in [1.82, 2.24) is 0 Å². The Morgan fingerprint density at radius 2 is 1.73 bits per heavy atom. The number of hydrogen-bond donors (Lipinski definition) is 1. The van der Waals surface area contributed by atoms with Gasteiger partial charge >= 0.3 is 5.97 Å². The Labute approximate surface area is 214 Å². The highest BCUT2D eigenvalue weighted by atomic mass is 16.5. The quantitative estimate of drug-likeness (QED) is 0.161. The number of ketones is 1. The number of anilines is 1. The maximum Gasteiger partial charge on any atom is 0.308 e. The predicted molar refractivity (Wildman–Crippen MR) is 138 cm³/mol. The van der Waals surface area contributed by atoms with Gasteiger partial charge < -0.3 is 19.3 Å². The van der Waals surface area contributed by atoms with Crippen molar-refractivity contribution in [3.8, 4) is 17.2 Å². The molecule has 4 rings (SSSR count). The van der Waals surface area contributed by atoms with Crippen molar-refractivity contribution in [3.63, 3.8) is 0 Å². The van der Waals surface area contributed by atoms with E-state index in [9.17, 15) is 19.5 Å². The highest BCUT2D eigenvalue weighted by Gasteiger charge is 2.47. The van der Waals surface area contributed by atoms with Gasteiger partial charge in [0, 0.05) is 24.2 Å². The highest BCUT2D eigenvalue weighted by Crippen LogP contribution is 2.43. The number of amides is 1. The lowest BCUT2D eigenvalue weighted by Crippen LogP contribution is -2.29. The zero-order valence-corrected chi connectivity index (χ0v) is 21.0. The molecule has 8 nitrogen and oxygen atoms in total. The van der Waals surface area contributed by atoms with Crippen molar-refractivity contribution in [1.29, 1.82) is 0 Å². The van der Waals surface area contributed by atoms with Crippen LogP contribution >= 0.6 is 0 Å². The Balaban J connectivity index is 1.89. The molecule has 1 fully saturated rings. The number of esters is 1. The summed E-state index contributed by atoms with van der Waals surface area (Å²) in [6.07, 6.45) is 0. The molecule has 3 aromatic carbocycles. The zero-order chi connectivity index (χ0) is 26.7. The van der Waals surface area contributed by atoms with Crippen molar-refractivity contribution < 1.29 is 33.7 Å². The van der Waals surface area contributed by atoms with E-state index in [1.165, 1.54) is 18.9 Å². The molecule has 8 heteroatoms. The van der Waals surface area contributed by atoms with Crippen LogP contribution in [0.15, 0.2) is 72.3 Å². The third-order valence-electron chi connectivity index (χ3n) is 5.98. The summed E-state index contributed by atoms with van der Waals surface area (Å²) in [6, 6.07) is 17.4. The fourth-order valence-corrected chi connectivity index (χ4v) is 4.33. The molecule has 1 amide bonds. The van der Waals surface area contributed by atoms with Crippen molar-refractivity contribution in [2.45, 2.75) is 26.8 Å². The molecule has 0 radical (unpaired) electrons. The fraction of sp³-hybridized carbons (Fsp3) is 0.207. The first-order valence-electron chi connectivity index (χ1n) is 11.7. The van der Waals surface area contributed by atoms with Crippen LogP contribution in [0.1, 0.15) is 36.6 Å². The molecule has 190 valence electrons.